The molecule has 0 aromatic carbocycles. The molecule has 10 heavy (non-hydrogen) atoms. The molecule has 60 valence electrons. The Hall–Kier alpha value is 0.270. The summed E-state index contributed by atoms with van der Waals surface area (Å²) in [7, 11) is 0. The van der Waals surface area contributed by atoms with Crippen molar-refractivity contribution >= 4 is 11.8 Å². The number of rotatable bonds is 2. The Balaban J connectivity index is 2.25. The van der Waals surface area contributed by atoms with Crippen LogP contribution in [0.4, 0.5) is 0 Å². The van der Waals surface area contributed by atoms with E-state index in [2.05, 4.69) is 0 Å². The summed E-state index contributed by atoms with van der Waals surface area (Å²) in [5.41, 5.74) is 0. The van der Waals surface area contributed by atoms with Crippen molar-refractivity contribution in [2.24, 2.45) is 5.92 Å². The first kappa shape index (κ1) is 8.37. The van der Waals surface area contributed by atoms with Crippen LogP contribution in [0.2, 0.25) is 0 Å². The van der Waals surface area contributed by atoms with Gasteiger partial charge in [0.05, 0.1) is 6.10 Å². The average molecular weight is 162 g/mol. The van der Waals surface area contributed by atoms with Gasteiger partial charge >= 0.3 is 0 Å². The van der Waals surface area contributed by atoms with Gasteiger partial charge in [-0.05, 0) is 30.3 Å². The Labute approximate surface area is 65.6 Å². The summed E-state index contributed by atoms with van der Waals surface area (Å²) in [5.74, 6) is 2.42. The lowest BCUT2D eigenvalue weighted by Gasteiger charge is -2.26. The summed E-state index contributed by atoms with van der Waals surface area (Å²) in [6.45, 7) is 0.211. The second-order valence-corrected chi connectivity index (χ2v) is 3.85. The Bertz CT molecular complexity index is 95.6. The van der Waals surface area contributed by atoms with Crippen LogP contribution in [0.25, 0.3) is 0 Å². The third kappa shape index (κ3) is 2.15. The molecule has 0 aromatic heterocycles. The van der Waals surface area contributed by atoms with Crippen LogP contribution in [0.5, 0.6) is 0 Å². The van der Waals surface area contributed by atoms with Crippen LogP contribution in [-0.4, -0.2) is 34.4 Å². The predicted molar refractivity (Wildman–Crippen MR) is 43.1 cm³/mol. The molecule has 0 aliphatic carbocycles. The van der Waals surface area contributed by atoms with E-state index < -0.39 is 0 Å². The summed E-state index contributed by atoms with van der Waals surface area (Å²) in [4.78, 5) is 0. The molecule has 2 atom stereocenters. The number of aliphatic hydroxyl groups is 2. The van der Waals surface area contributed by atoms with E-state index in [1.807, 2.05) is 11.8 Å². The molecule has 3 heteroatoms. The molecular formula is C7H14O2S. The highest BCUT2D eigenvalue weighted by Gasteiger charge is 2.22. The van der Waals surface area contributed by atoms with E-state index in [0.717, 1.165) is 24.3 Å². The second kappa shape index (κ2) is 4.21. The predicted octanol–water partition coefficient (Wildman–Crippen LogP) is 0.483. The van der Waals surface area contributed by atoms with Crippen molar-refractivity contribution in [1.82, 2.24) is 0 Å². The first-order valence-electron chi connectivity index (χ1n) is 3.71. The molecule has 1 aliphatic rings. The lowest BCUT2D eigenvalue weighted by molar-refractivity contribution is 0.0951. The summed E-state index contributed by atoms with van der Waals surface area (Å²) in [5, 5.41) is 18.0. The van der Waals surface area contributed by atoms with Crippen LogP contribution < -0.4 is 0 Å². The molecule has 0 aromatic rings. The minimum Gasteiger partial charge on any atom is -0.396 e. The first-order valence-corrected chi connectivity index (χ1v) is 4.86. The van der Waals surface area contributed by atoms with Crippen LogP contribution in [0, 0.1) is 5.92 Å². The van der Waals surface area contributed by atoms with Crippen molar-refractivity contribution in [3.63, 3.8) is 0 Å². The summed E-state index contributed by atoms with van der Waals surface area (Å²) in [6, 6.07) is 0. The molecule has 1 aliphatic heterocycles. The van der Waals surface area contributed by atoms with Gasteiger partial charge in [0, 0.05) is 6.61 Å². The van der Waals surface area contributed by atoms with E-state index in [4.69, 9.17) is 5.11 Å². The molecule has 2 nitrogen and oxygen atoms in total. The number of aliphatic hydroxyl groups excluding tert-OH is 2. The van der Waals surface area contributed by atoms with Crippen molar-refractivity contribution in [1.29, 1.82) is 0 Å². The van der Waals surface area contributed by atoms with E-state index in [9.17, 15) is 5.11 Å². The standard InChI is InChI=1S/C7H14O2S/c8-3-1-6-5-10-4-2-7(6)9/h6-9H,1-5H2. The molecule has 1 rings (SSSR count). The van der Waals surface area contributed by atoms with Crippen LogP contribution in [0.15, 0.2) is 0 Å². The SMILES string of the molecule is OCCC1CSCCC1O. The maximum Gasteiger partial charge on any atom is 0.0585 e. The first-order chi connectivity index (χ1) is 4.84. The highest BCUT2D eigenvalue weighted by Crippen LogP contribution is 2.25. The average Bonchev–Trinajstić information content (AvgIpc) is 1.94. The van der Waals surface area contributed by atoms with Crippen LogP contribution in [0.1, 0.15) is 12.8 Å². The van der Waals surface area contributed by atoms with E-state index in [-0.39, 0.29) is 12.7 Å². The fourth-order valence-corrected chi connectivity index (χ4v) is 2.49. The largest absolute Gasteiger partial charge is 0.396 e. The van der Waals surface area contributed by atoms with Gasteiger partial charge in [0.1, 0.15) is 0 Å². The summed E-state index contributed by atoms with van der Waals surface area (Å²) in [6.07, 6.45) is 1.50. The van der Waals surface area contributed by atoms with E-state index >= 15 is 0 Å². The molecule has 2 unspecified atom stereocenters. The molecule has 0 spiro atoms. The van der Waals surface area contributed by atoms with E-state index in [0.29, 0.717) is 5.92 Å². The Morgan fingerprint density at radius 2 is 2.30 bits per heavy atom. The van der Waals surface area contributed by atoms with Gasteiger partial charge in [0.25, 0.3) is 0 Å². The van der Waals surface area contributed by atoms with Gasteiger partial charge in [0.15, 0.2) is 0 Å². The zero-order chi connectivity index (χ0) is 7.40. The fraction of sp³-hybridized carbons (Fsp3) is 1.00. The quantitative estimate of drug-likeness (QED) is 0.620. The zero-order valence-corrected chi connectivity index (χ0v) is 6.81. The number of thioether (sulfide) groups is 1. The van der Waals surface area contributed by atoms with Crippen LogP contribution in [-0.2, 0) is 0 Å². The highest BCUT2D eigenvalue weighted by molar-refractivity contribution is 7.99. The minimum atomic E-state index is -0.159. The Morgan fingerprint density at radius 1 is 1.50 bits per heavy atom. The van der Waals surface area contributed by atoms with Crippen molar-refractivity contribution in [2.75, 3.05) is 18.1 Å². The van der Waals surface area contributed by atoms with Crippen LogP contribution >= 0.6 is 11.8 Å². The normalized spacial score (nSPS) is 34.2. The van der Waals surface area contributed by atoms with Crippen molar-refractivity contribution in [3.8, 4) is 0 Å². The Morgan fingerprint density at radius 3 is 2.90 bits per heavy atom. The van der Waals surface area contributed by atoms with Gasteiger partial charge < -0.3 is 10.2 Å². The van der Waals surface area contributed by atoms with Crippen molar-refractivity contribution < 1.29 is 10.2 Å². The lowest BCUT2D eigenvalue weighted by Crippen LogP contribution is -2.28. The third-order valence-electron chi connectivity index (χ3n) is 1.93. The fourth-order valence-electron chi connectivity index (χ4n) is 1.23. The molecule has 1 saturated heterocycles. The van der Waals surface area contributed by atoms with Gasteiger partial charge in [-0.15, -0.1) is 0 Å². The molecular weight excluding hydrogens is 148 g/mol. The lowest BCUT2D eigenvalue weighted by atomic mass is 9.99. The molecule has 0 bridgehead atoms. The summed E-state index contributed by atoms with van der Waals surface area (Å²) >= 11 is 1.88. The van der Waals surface area contributed by atoms with E-state index in [1.165, 1.54) is 0 Å². The number of hydrogen-bond acceptors (Lipinski definition) is 3. The van der Waals surface area contributed by atoms with Crippen molar-refractivity contribution in [3.05, 3.63) is 0 Å². The van der Waals surface area contributed by atoms with E-state index in [1.54, 1.807) is 0 Å². The maximum atomic E-state index is 9.38. The third-order valence-corrected chi connectivity index (χ3v) is 3.12. The zero-order valence-electron chi connectivity index (χ0n) is 5.99. The molecule has 2 N–H and O–H groups in total. The minimum absolute atomic E-state index is 0.159. The Kier molecular flexibility index (Phi) is 3.52. The molecule has 1 heterocycles. The van der Waals surface area contributed by atoms with Crippen molar-refractivity contribution in [2.45, 2.75) is 18.9 Å². The van der Waals surface area contributed by atoms with Crippen LogP contribution in [0.3, 0.4) is 0 Å². The monoisotopic (exact) mass is 162 g/mol. The summed E-state index contributed by atoms with van der Waals surface area (Å²) < 4.78 is 0. The topological polar surface area (TPSA) is 40.5 Å². The van der Waals surface area contributed by atoms with Gasteiger partial charge in [-0.25, -0.2) is 0 Å². The molecule has 0 radical (unpaired) electrons. The highest BCUT2D eigenvalue weighted by atomic mass is 32.2. The van der Waals surface area contributed by atoms with Gasteiger partial charge in [-0.2, -0.15) is 11.8 Å². The van der Waals surface area contributed by atoms with Gasteiger partial charge in [-0.1, -0.05) is 0 Å². The molecule has 1 fully saturated rings. The molecule has 0 amide bonds. The van der Waals surface area contributed by atoms with Gasteiger partial charge in [0.2, 0.25) is 0 Å². The number of hydrogen-bond donors (Lipinski definition) is 2. The maximum absolute atomic E-state index is 9.38. The smallest absolute Gasteiger partial charge is 0.0585 e. The molecule has 0 saturated carbocycles. The van der Waals surface area contributed by atoms with Gasteiger partial charge in [-0.3, -0.25) is 0 Å². The second-order valence-electron chi connectivity index (χ2n) is 2.70.